The SMILES string of the molecule is CN=C(NCC(c1cccc(F)c1)N(C)C)NC1CC2CCC1O2.I. The van der Waals surface area contributed by atoms with Crippen molar-refractivity contribution < 1.29 is 9.13 Å². The Morgan fingerprint density at radius 3 is 2.76 bits per heavy atom. The molecule has 0 spiro atoms. The van der Waals surface area contributed by atoms with Crippen molar-refractivity contribution in [3.8, 4) is 0 Å². The van der Waals surface area contributed by atoms with Gasteiger partial charge in [-0.25, -0.2) is 4.39 Å². The molecule has 0 amide bonds. The number of ether oxygens (including phenoxy) is 1. The molecule has 7 heteroatoms. The molecule has 0 saturated carbocycles. The molecule has 0 aromatic heterocycles. The molecule has 2 aliphatic heterocycles. The molecule has 2 bridgehead atoms. The molecule has 140 valence electrons. The van der Waals surface area contributed by atoms with Crippen LogP contribution in [0.4, 0.5) is 4.39 Å². The van der Waals surface area contributed by atoms with Crippen molar-refractivity contribution in [2.45, 2.75) is 43.6 Å². The number of fused-ring (bicyclic) bond motifs is 2. The van der Waals surface area contributed by atoms with Gasteiger partial charge in [0.2, 0.25) is 0 Å². The molecule has 4 atom stereocenters. The lowest BCUT2D eigenvalue weighted by Gasteiger charge is -2.27. The molecular formula is C18H28FIN4O. The summed E-state index contributed by atoms with van der Waals surface area (Å²) in [6, 6.07) is 7.17. The zero-order valence-corrected chi connectivity index (χ0v) is 17.4. The van der Waals surface area contributed by atoms with Crippen LogP contribution in [0.2, 0.25) is 0 Å². The number of likely N-dealkylation sites (N-methyl/N-ethyl adjacent to an activating group) is 1. The number of hydrogen-bond acceptors (Lipinski definition) is 3. The van der Waals surface area contributed by atoms with Crippen LogP contribution in [0.25, 0.3) is 0 Å². The van der Waals surface area contributed by atoms with Crippen molar-refractivity contribution in [2.75, 3.05) is 27.7 Å². The van der Waals surface area contributed by atoms with E-state index in [4.69, 9.17) is 4.74 Å². The third-order valence-electron chi connectivity index (χ3n) is 4.97. The molecule has 0 aliphatic carbocycles. The van der Waals surface area contributed by atoms with Gasteiger partial charge in [0.25, 0.3) is 0 Å². The summed E-state index contributed by atoms with van der Waals surface area (Å²) in [7, 11) is 5.77. The van der Waals surface area contributed by atoms with Crippen molar-refractivity contribution >= 4 is 29.9 Å². The lowest BCUT2D eigenvalue weighted by Crippen LogP contribution is -2.49. The molecule has 2 saturated heterocycles. The summed E-state index contributed by atoms with van der Waals surface area (Å²) in [6.45, 7) is 0.651. The van der Waals surface area contributed by atoms with Crippen molar-refractivity contribution in [2.24, 2.45) is 4.99 Å². The largest absolute Gasteiger partial charge is 0.373 e. The quantitative estimate of drug-likeness (QED) is 0.401. The molecule has 25 heavy (non-hydrogen) atoms. The van der Waals surface area contributed by atoms with Gasteiger partial charge < -0.3 is 20.3 Å². The minimum absolute atomic E-state index is 0. The Bertz CT molecular complexity index is 598. The molecular weight excluding hydrogens is 434 g/mol. The maximum atomic E-state index is 13.5. The molecule has 2 heterocycles. The molecule has 0 radical (unpaired) electrons. The normalized spacial score (nSPS) is 26.4. The van der Waals surface area contributed by atoms with E-state index in [-0.39, 0.29) is 35.8 Å². The van der Waals surface area contributed by atoms with Crippen LogP contribution in [0.1, 0.15) is 30.9 Å². The van der Waals surface area contributed by atoms with Gasteiger partial charge in [-0.15, -0.1) is 24.0 Å². The molecule has 5 nitrogen and oxygen atoms in total. The standard InChI is InChI=1S/C18H27FN4O.HI/c1-20-18(22-15-10-14-7-8-17(15)24-14)21-11-16(23(2)3)12-5-4-6-13(19)9-12;/h4-6,9,14-17H,7-8,10-11H2,1-3H3,(H2,20,21,22);1H. The Kier molecular flexibility index (Phi) is 7.45. The molecule has 4 unspecified atom stereocenters. The van der Waals surface area contributed by atoms with Gasteiger partial charge in [-0.3, -0.25) is 4.99 Å². The maximum Gasteiger partial charge on any atom is 0.191 e. The average molecular weight is 462 g/mol. The smallest absolute Gasteiger partial charge is 0.191 e. The number of guanidine groups is 1. The van der Waals surface area contributed by atoms with Crippen LogP contribution in [0.3, 0.4) is 0 Å². The Morgan fingerprint density at radius 1 is 1.40 bits per heavy atom. The molecule has 2 N–H and O–H groups in total. The predicted molar refractivity (Wildman–Crippen MR) is 109 cm³/mol. The van der Waals surface area contributed by atoms with E-state index in [1.807, 2.05) is 20.2 Å². The summed E-state index contributed by atoms with van der Waals surface area (Å²) in [5, 5.41) is 6.85. The fourth-order valence-electron chi connectivity index (χ4n) is 3.67. The Hall–Kier alpha value is -0.930. The summed E-state index contributed by atoms with van der Waals surface area (Å²) in [6.07, 6.45) is 4.07. The fourth-order valence-corrected chi connectivity index (χ4v) is 3.67. The molecule has 2 aliphatic rings. The van der Waals surface area contributed by atoms with Crippen molar-refractivity contribution in [1.29, 1.82) is 0 Å². The Morgan fingerprint density at radius 2 is 2.20 bits per heavy atom. The van der Waals surface area contributed by atoms with Crippen molar-refractivity contribution in [3.63, 3.8) is 0 Å². The maximum absolute atomic E-state index is 13.5. The van der Waals surface area contributed by atoms with E-state index in [0.717, 1.165) is 24.4 Å². The molecule has 3 rings (SSSR count). The van der Waals surface area contributed by atoms with Crippen LogP contribution in [0.5, 0.6) is 0 Å². The van der Waals surface area contributed by atoms with Gasteiger partial charge >= 0.3 is 0 Å². The first-order chi connectivity index (χ1) is 11.6. The first kappa shape index (κ1) is 20.4. The average Bonchev–Trinajstić information content (AvgIpc) is 3.16. The number of nitrogens with zero attached hydrogens (tertiary/aromatic N) is 2. The molecule has 1 aromatic carbocycles. The first-order valence-corrected chi connectivity index (χ1v) is 8.61. The second kappa shape index (κ2) is 9.14. The summed E-state index contributed by atoms with van der Waals surface area (Å²) in [5.41, 5.74) is 0.950. The number of nitrogens with one attached hydrogen (secondary N) is 2. The van der Waals surface area contributed by atoms with Crippen LogP contribution in [0.15, 0.2) is 29.3 Å². The summed E-state index contributed by atoms with van der Waals surface area (Å²) < 4.78 is 19.4. The lowest BCUT2D eigenvalue weighted by molar-refractivity contribution is 0.0992. The number of rotatable bonds is 5. The van der Waals surface area contributed by atoms with Gasteiger partial charge in [0.15, 0.2) is 5.96 Å². The lowest BCUT2D eigenvalue weighted by atomic mass is 9.96. The van der Waals surface area contributed by atoms with E-state index in [0.29, 0.717) is 24.8 Å². The van der Waals surface area contributed by atoms with E-state index in [1.165, 1.54) is 12.5 Å². The van der Waals surface area contributed by atoms with Gasteiger partial charge in [-0.05, 0) is 51.1 Å². The molecule has 1 aromatic rings. The van der Waals surface area contributed by atoms with Crippen LogP contribution in [-0.4, -0.2) is 56.8 Å². The summed E-state index contributed by atoms with van der Waals surface area (Å²) in [4.78, 5) is 6.40. The van der Waals surface area contributed by atoms with Gasteiger partial charge in [0, 0.05) is 13.6 Å². The van der Waals surface area contributed by atoms with Gasteiger partial charge in [-0.2, -0.15) is 0 Å². The number of halogens is 2. The van der Waals surface area contributed by atoms with Gasteiger partial charge in [0.05, 0.1) is 24.3 Å². The minimum atomic E-state index is -0.207. The second-order valence-electron chi connectivity index (χ2n) is 6.85. The fraction of sp³-hybridized carbons (Fsp3) is 0.611. The zero-order chi connectivity index (χ0) is 17.1. The van der Waals surface area contributed by atoms with Crippen molar-refractivity contribution in [3.05, 3.63) is 35.6 Å². The predicted octanol–water partition coefficient (Wildman–Crippen LogP) is 2.53. The van der Waals surface area contributed by atoms with Crippen LogP contribution >= 0.6 is 24.0 Å². The third-order valence-corrected chi connectivity index (χ3v) is 4.97. The number of benzene rings is 1. The summed E-state index contributed by atoms with van der Waals surface area (Å²) in [5.74, 6) is 0.570. The summed E-state index contributed by atoms with van der Waals surface area (Å²) >= 11 is 0. The van der Waals surface area contributed by atoms with E-state index in [1.54, 1.807) is 19.2 Å². The van der Waals surface area contributed by atoms with Gasteiger partial charge in [0.1, 0.15) is 5.82 Å². The van der Waals surface area contributed by atoms with Crippen LogP contribution in [-0.2, 0) is 4.74 Å². The minimum Gasteiger partial charge on any atom is -0.373 e. The van der Waals surface area contributed by atoms with E-state index in [9.17, 15) is 4.39 Å². The monoisotopic (exact) mass is 462 g/mol. The van der Waals surface area contributed by atoms with E-state index in [2.05, 4.69) is 20.5 Å². The topological polar surface area (TPSA) is 48.9 Å². The van der Waals surface area contributed by atoms with Crippen molar-refractivity contribution in [1.82, 2.24) is 15.5 Å². The van der Waals surface area contributed by atoms with Crippen LogP contribution in [0, 0.1) is 5.82 Å². The van der Waals surface area contributed by atoms with E-state index < -0.39 is 0 Å². The zero-order valence-electron chi connectivity index (χ0n) is 15.0. The van der Waals surface area contributed by atoms with E-state index >= 15 is 0 Å². The van der Waals surface area contributed by atoms with Crippen LogP contribution < -0.4 is 10.6 Å². The van der Waals surface area contributed by atoms with Gasteiger partial charge in [-0.1, -0.05) is 12.1 Å². The number of hydrogen-bond donors (Lipinski definition) is 2. The second-order valence-corrected chi connectivity index (χ2v) is 6.85. The molecule has 2 fully saturated rings. The number of aliphatic imine (C=N–C) groups is 1. The third kappa shape index (κ3) is 5.04. The highest BCUT2D eigenvalue weighted by Gasteiger charge is 2.41. The highest BCUT2D eigenvalue weighted by molar-refractivity contribution is 14.0. The first-order valence-electron chi connectivity index (χ1n) is 8.61. The Balaban J connectivity index is 0.00000225. The highest BCUT2D eigenvalue weighted by Crippen LogP contribution is 2.34. The highest BCUT2D eigenvalue weighted by atomic mass is 127. The Labute approximate surface area is 166 Å².